The van der Waals surface area contributed by atoms with Crippen LogP contribution in [0.3, 0.4) is 0 Å². The first-order chi connectivity index (χ1) is 20.9. The van der Waals surface area contributed by atoms with Gasteiger partial charge in [0, 0.05) is 56.3 Å². The Kier molecular flexibility index (Phi) is 8.22. The molecule has 8 nitrogen and oxygen atoms in total. The van der Waals surface area contributed by atoms with Crippen molar-refractivity contribution >= 4 is 11.6 Å². The van der Waals surface area contributed by atoms with Gasteiger partial charge in [0.1, 0.15) is 18.8 Å². The average Bonchev–Trinajstić information content (AvgIpc) is 3.52. The maximum absolute atomic E-state index is 14.4. The van der Waals surface area contributed by atoms with Gasteiger partial charge in [0.15, 0.2) is 0 Å². The summed E-state index contributed by atoms with van der Waals surface area (Å²) in [5, 5.41) is 8.15. The highest BCUT2D eigenvalue weighted by Crippen LogP contribution is 2.42. The second-order valence-electron chi connectivity index (χ2n) is 12.1. The molecule has 0 saturated carbocycles. The fourth-order valence-corrected chi connectivity index (χ4v) is 6.20. The van der Waals surface area contributed by atoms with Crippen molar-refractivity contribution in [2.24, 2.45) is 7.05 Å². The third kappa shape index (κ3) is 6.22. The zero-order valence-corrected chi connectivity index (χ0v) is 24.4. The van der Waals surface area contributed by atoms with Crippen molar-refractivity contribution in [2.45, 2.75) is 56.3 Å². The molecule has 1 aromatic heterocycles. The zero-order chi connectivity index (χ0) is 31.1. The number of hydrogen-bond donors (Lipinski definition) is 0. The molecular weight excluding hydrogens is 585 g/mol. The lowest BCUT2D eigenvalue weighted by molar-refractivity contribution is -0.138. The number of anilines is 1. The van der Waals surface area contributed by atoms with Crippen LogP contribution in [0.25, 0.3) is 0 Å². The highest BCUT2D eigenvalue weighted by molar-refractivity contribution is 6.10. The van der Waals surface area contributed by atoms with E-state index in [9.17, 15) is 26.7 Å². The number of aryl methyl sites for hydroxylation is 1. The van der Waals surface area contributed by atoms with Gasteiger partial charge in [-0.15, -0.1) is 10.2 Å². The Morgan fingerprint density at radius 1 is 1.02 bits per heavy atom. The smallest absolute Gasteiger partial charge is 0.379 e. The van der Waals surface area contributed by atoms with Crippen LogP contribution in [0.1, 0.15) is 57.7 Å². The Morgan fingerprint density at radius 3 is 2.55 bits per heavy atom. The van der Waals surface area contributed by atoms with E-state index in [1.807, 2.05) is 23.7 Å². The normalized spacial score (nSPS) is 20.8. The van der Waals surface area contributed by atoms with Crippen LogP contribution in [0.2, 0.25) is 0 Å². The molecule has 0 unspecified atom stereocenters. The summed E-state index contributed by atoms with van der Waals surface area (Å²) in [6.07, 6.45) is -1.75. The molecule has 3 aliphatic rings. The van der Waals surface area contributed by atoms with Gasteiger partial charge in [-0.1, -0.05) is 12.1 Å². The number of hydrogen-bond acceptors (Lipinski definition) is 6. The molecule has 236 valence electrons. The van der Waals surface area contributed by atoms with E-state index in [0.717, 1.165) is 17.5 Å². The molecule has 6 rings (SSSR count). The number of halogens is 5. The molecule has 4 heterocycles. The Morgan fingerprint density at radius 2 is 1.84 bits per heavy atom. The van der Waals surface area contributed by atoms with Crippen molar-refractivity contribution < 1.29 is 36.2 Å². The lowest BCUT2D eigenvalue weighted by atomic mass is 9.75. The Hall–Kier alpha value is -3.42. The SMILES string of the molecule is Cn1cnnc1CC1(c2cccc(N3Cc4c(cc(CN5CCCCOCC(F)(F)CC5)cc4C(F)(F)F)C3=O)c2)COC1. The Labute approximate surface area is 251 Å². The highest BCUT2D eigenvalue weighted by atomic mass is 19.4. The number of carbonyl (C=O) groups excluding carboxylic acids is 1. The lowest BCUT2D eigenvalue weighted by Crippen LogP contribution is -2.49. The topological polar surface area (TPSA) is 72.7 Å². The summed E-state index contributed by atoms with van der Waals surface area (Å²) in [7, 11) is 1.85. The van der Waals surface area contributed by atoms with Crippen LogP contribution >= 0.6 is 0 Å². The summed E-state index contributed by atoms with van der Waals surface area (Å²) >= 11 is 0. The summed E-state index contributed by atoms with van der Waals surface area (Å²) in [5.41, 5.74) is 0.291. The molecule has 0 spiro atoms. The van der Waals surface area contributed by atoms with Gasteiger partial charge in [-0.3, -0.25) is 9.69 Å². The molecule has 0 atom stereocenters. The molecule has 1 amide bonds. The molecule has 2 fully saturated rings. The lowest BCUT2D eigenvalue weighted by Gasteiger charge is -2.42. The van der Waals surface area contributed by atoms with Crippen molar-refractivity contribution in [2.75, 3.05) is 44.4 Å². The fourth-order valence-electron chi connectivity index (χ4n) is 6.20. The van der Waals surface area contributed by atoms with Gasteiger partial charge in [-0.2, -0.15) is 13.2 Å². The number of rotatable bonds is 6. The van der Waals surface area contributed by atoms with Crippen LogP contribution in [0.4, 0.5) is 27.6 Å². The van der Waals surface area contributed by atoms with E-state index in [1.54, 1.807) is 23.4 Å². The predicted molar refractivity (Wildman–Crippen MR) is 150 cm³/mol. The molecule has 3 aromatic rings. The summed E-state index contributed by atoms with van der Waals surface area (Å²) in [6.45, 7) is 0.656. The summed E-state index contributed by atoms with van der Waals surface area (Å²) in [6, 6.07) is 9.83. The van der Waals surface area contributed by atoms with E-state index in [0.29, 0.717) is 44.7 Å². The maximum atomic E-state index is 14.4. The second kappa shape index (κ2) is 11.8. The fraction of sp³-hybridized carbons (Fsp3) is 0.516. The van der Waals surface area contributed by atoms with Gasteiger partial charge < -0.3 is 18.9 Å². The van der Waals surface area contributed by atoms with E-state index < -0.39 is 42.0 Å². The largest absolute Gasteiger partial charge is 0.416 e. The molecule has 13 heteroatoms. The quantitative estimate of drug-likeness (QED) is 0.356. The van der Waals surface area contributed by atoms with E-state index in [-0.39, 0.29) is 42.9 Å². The molecule has 2 aromatic carbocycles. The Bertz CT molecular complexity index is 1520. The van der Waals surface area contributed by atoms with Crippen LogP contribution in [0.15, 0.2) is 42.7 Å². The maximum Gasteiger partial charge on any atom is 0.416 e. The van der Waals surface area contributed by atoms with Gasteiger partial charge in [0.25, 0.3) is 11.8 Å². The van der Waals surface area contributed by atoms with Crippen molar-refractivity contribution in [1.82, 2.24) is 19.7 Å². The third-order valence-electron chi connectivity index (χ3n) is 8.76. The Balaban J connectivity index is 1.27. The van der Waals surface area contributed by atoms with Crippen molar-refractivity contribution in [3.8, 4) is 0 Å². The van der Waals surface area contributed by atoms with Gasteiger partial charge in [-0.05, 0) is 60.3 Å². The van der Waals surface area contributed by atoms with E-state index in [4.69, 9.17) is 9.47 Å². The minimum Gasteiger partial charge on any atom is -0.379 e. The van der Waals surface area contributed by atoms with Crippen LogP contribution < -0.4 is 4.90 Å². The van der Waals surface area contributed by atoms with Crippen molar-refractivity contribution in [3.05, 3.63) is 76.4 Å². The zero-order valence-electron chi connectivity index (χ0n) is 24.4. The average molecular weight is 620 g/mol. The molecule has 3 aliphatic heterocycles. The van der Waals surface area contributed by atoms with Gasteiger partial charge in [-0.25, -0.2) is 8.78 Å². The highest BCUT2D eigenvalue weighted by Gasteiger charge is 2.44. The van der Waals surface area contributed by atoms with Gasteiger partial charge in [0.2, 0.25) is 0 Å². The van der Waals surface area contributed by atoms with Crippen LogP contribution in [-0.4, -0.2) is 71.0 Å². The van der Waals surface area contributed by atoms with Crippen LogP contribution in [0, 0.1) is 0 Å². The number of aromatic nitrogens is 3. The van der Waals surface area contributed by atoms with Gasteiger partial charge >= 0.3 is 6.18 Å². The van der Waals surface area contributed by atoms with Crippen LogP contribution in [0.5, 0.6) is 0 Å². The number of ether oxygens (including phenoxy) is 2. The van der Waals surface area contributed by atoms with Crippen molar-refractivity contribution in [3.63, 3.8) is 0 Å². The number of fused-ring (bicyclic) bond motifs is 1. The molecule has 0 bridgehead atoms. The molecule has 0 aliphatic carbocycles. The van der Waals surface area contributed by atoms with Crippen molar-refractivity contribution in [1.29, 1.82) is 0 Å². The first-order valence-electron chi connectivity index (χ1n) is 14.7. The summed E-state index contributed by atoms with van der Waals surface area (Å²) in [5.74, 6) is -2.77. The summed E-state index contributed by atoms with van der Waals surface area (Å²) < 4.78 is 84.0. The minimum absolute atomic E-state index is 0.00145. The first kappa shape index (κ1) is 30.6. The number of amides is 1. The summed E-state index contributed by atoms with van der Waals surface area (Å²) in [4.78, 5) is 16.8. The standard InChI is InChI=1S/C31H34F5N5O3/c1-39-20-37-38-27(39)14-29(17-44-18-29)22-5-4-6-23(13-22)41-16-25-24(28(41)42)11-21(12-26(25)31(34,35)36)15-40-8-2-3-10-43-19-30(32,33)7-9-40/h4-6,11-13,20H,2-3,7-10,14-19H2,1H3. The molecule has 0 radical (unpaired) electrons. The third-order valence-corrected chi connectivity index (χ3v) is 8.76. The molecule has 0 N–H and O–H groups in total. The minimum atomic E-state index is -4.70. The molecule has 2 saturated heterocycles. The molecule has 44 heavy (non-hydrogen) atoms. The number of alkyl halides is 5. The predicted octanol–water partition coefficient (Wildman–Crippen LogP) is 5.14. The number of carbonyl (C=O) groups is 1. The van der Waals surface area contributed by atoms with E-state index in [1.165, 1.54) is 11.0 Å². The number of nitrogens with zero attached hydrogens (tertiary/aromatic N) is 5. The van der Waals surface area contributed by atoms with E-state index >= 15 is 0 Å². The second-order valence-corrected chi connectivity index (χ2v) is 12.1. The van der Waals surface area contributed by atoms with Gasteiger partial charge in [0.05, 0.1) is 25.3 Å². The van der Waals surface area contributed by atoms with Crippen LogP contribution in [-0.2, 0) is 47.6 Å². The molecular formula is C31H34F5N5O3. The monoisotopic (exact) mass is 619 g/mol. The van der Waals surface area contributed by atoms with E-state index in [2.05, 4.69) is 10.2 Å². The first-order valence-corrected chi connectivity index (χ1v) is 14.7. The number of benzene rings is 2.